The van der Waals surface area contributed by atoms with Gasteiger partial charge >= 0.3 is 0 Å². The van der Waals surface area contributed by atoms with E-state index in [1.165, 1.54) is 0 Å². The van der Waals surface area contributed by atoms with Crippen LogP contribution in [0.2, 0.25) is 0 Å². The summed E-state index contributed by atoms with van der Waals surface area (Å²) in [6, 6.07) is 15.1. The Kier molecular flexibility index (Phi) is 3.95. The molecule has 0 unspecified atom stereocenters. The summed E-state index contributed by atoms with van der Waals surface area (Å²) in [6.07, 6.45) is 3.54. The van der Waals surface area contributed by atoms with Crippen molar-refractivity contribution in [2.75, 3.05) is 12.8 Å². The molecule has 4 aromatic rings. The van der Waals surface area contributed by atoms with Gasteiger partial charge in [0.2, 0.25) is 5.88 Å². The zero-order valence-corrected chi connectivity index (χ0v) is 14.3. The molecule has 0 spiro atoms. The van der Waals surface area contributed by atoms with Crippen molar-refractivity contribution in [1.29, 1.82) is 0 Å². The van der Waals surface area contributed by atoms with Crippen molar-refractivity contribution in [3.8, 4) is 27.8 Å². The van der Waals surface area contributed by atoms with Gasteiger partial charge in [0.25, 0.3) is 0 Å². The van der Waals surface area contributed by atoms with Crippen LogP contribution in [0.1, 0.15) is 0 Å². The zero-order chi connectivity index (χ0) is 17.2. The molecule has 3 aromatic heterocycles. The maximum Gasteiger partial charge on any atom is 0.212 e. The van der Waals surface area contributed by atoms with Crippen LogP contribution in [-0.2, 0) is 0 Å². The fourth-order valence-corrected chi connectivity index (χ4v) is 3.50. The van der Waals surface area contributed by atoms with E-state index in [1.54, 1.807) is 30.8 Å². The van der Waals surface area contributed by atoms with Gasteiger partial charge in [-0.15, -0.1) is 11.3 Å². The number of nitrogen functional groups attached to an aromatic ring is 1. The Morgan fingerprint density at radius 3 is 2.56 bits per heavy atom. The summed E-state index contributed by atoms with van der Waals surface area (Å²) >= 11 is 1.62. The molecular weight excluding hydrogens is 334 g/mol. The van der Waals surface area contributed by atoms with Crippen LogP contribution in [0, 0.1) is 0 Å². The number of hydrogen-bond donors (Lipinski definition) is 1. The Morgan fingerprint density at radius 2 is 1.84 bits per heavy atom. The minimum atomic E-state index is 0.593. The number of nitrogens with zero attached hydrogens (tertiary/aromatic N) is 2. The molecule has 0 radical (unpaired) electrons. The zero-order valence-electron chi connectivity index (χ0n) is 13.5. The molecule has 3 heterocycles. The highest BCUT2D eigenvalue weighted by atomic mass is 32.1. The average Bonchev–Trinajstić information content (AvgIpc) is 3.09. The number of rotatable bonds is 4. The standard InChI is InChI=1S/C19H15N3O2S/c1-23-18-7-2-12(11-22-18)17-10-15-19(25-17)16(8-9-21-15)24-14-5-3-13(20)4-6-14/h2-11H,20H2,1H3. The van der Waals surface area contributed by atoms with Crippen molar-refractivity contribution in [1.82, 2.24) is 9.97 Å². The third-order valence-corrected chi connectivity index (χ3v) is 4.90. The Bertz CT molecular complexity index is 1010. The van der Waals surface area contributed by atoms with E-state index in [2.05, 4.69) is 9.97 Å². The van der Waals surface area contributed by atoms with Crippen molar-refractivity contribution in [3.63, 3.8) is 0 Å². The largest absolute Gasteiger partial charge is 0.481 e. The number of aromatic nitrogens is 2. The summed E-state index contributed by atoms with van der Waals surface area (Å²) in [4.78, 5) is 9.78. The highest BCUT2D eigenvalue weighted by Gasteiger charge is 2.11. The van der Waals surface area contributed by atoms with Crippen molar-refractivity contribution in [3.05, 3.63) is 60.9 Å². The number of fused-ring (bicyclic) bond motifs is 1. The van der Waals surface area contributed by atoms with E-state index in [-0.39, 0.29) is 0 Å². The second-order valence-corrected chi connectivity index (χ2v) is 6.45. The summed E-state index contributed by atoms with van der Waals surface area (Å²) in [5.41, 5.74) is 8.34. The minimum absolute atomic E-state index is 0.593. The topological polar surface area (TPSA) is 70.3 Å². The Balaban J connectivity index is 1.71. The lowest BCUT2D eigenvalue weighted by atomic mass is 10.2. The van der Waals surface area contributed by atoms with Crippen LogP contribution in [0.3, 0.4) is 0 Å². The van der Waals surface area contributed by atoms with E-state index in [0.29, 0.717) is 11.6 Å². The molecule has 0 fully saturated rings. The Morgan fingerprint density at radius 1 is 1.00 bits per heavy atom. The molecule has 0 aliphatic rings. The first kappa shape index (κ1) is 15.4. The second-order valence-electron chi connectivity index (χ2n) is 5.39. The van der Waals surface area contributed by atoms with E-state index in [0.717, 1.165) is 32.2 Å². The van der Waals surface area contributed by atoms with Gasteiger partial charge in [0, 0.05) is 40.7 Å². The predicted molar refractivity (Wildman–Crippen MR) is 100 cm³/mol. The summed E-state index contributed by atoms with van der Waals surface area (Å²) in [7, 11) is 1.60. The predicted octanol–water partition coefficient (Wildman–Crippen LogP) is 4.74. The maximum absolute atomic E-state index is 6.01. The first-order valence-corrected chi connectivity index (χ1v) is 8.47. The summed E-state index contributed by atoms with van der Waals surface area (Å²) in [5, 5.41) is 0. The van der Waals surface area contributed by atoms with Crippen molar-refractivity contribution in [2.24, 2.45) is 0 Å². The Hall–Kier alpha value is -3.12. The van der Waals surface area contributed by atoms with Gasteiger partial charge in [-0.05, 0) is 36.4 Å². The lowest BCUT2D eigenvalue weighted by Gasteiger charge is -2.06. The molecule has 2 N–H and O–H groups in total. The fraction of sp³-hybridized carbons (Fsp3) is 0.0526. The van der Waals surface area contributed by atoms with Crippen LogP contribution in [0.5, 0.6) is 17.4 Å². The molecule has 6 heteroatoms. The van der Waals surface area contributed by atoms with Gasteiger partial charge in [0.05, 0.1) is 17.3 Å². The number of methoxy groups -OCH3 is 1. The van der Waals surface area contributed by atoms with Crippen molar-refractivity contribution in [2.45, 2.75) is 0 Å². The van der Waals surface area contributed by atoms with Crippen LogP contribution in [-0.4, -0.2) is 17.1 Å². The first-order chi connectivity index (χ1) is 12.2. The molecule has 4 rings (SSSR count). The van der Waals surface area contributed by atoms with Gasteiger partial charge < -0.3 is 15.2 Å². The number of nitrogens with two attached hydrogens (primary N) is 1. The Labute approximate surface area is 148 Å². The van der Waals surface area contributed by atoms with Gasteiger partial charge in [-0.25, -0.2) is 4.98 Å². The van der Waals surface area contributed by atoms with E-state index < -0.39 is 0 Å². The molecular formula is C19H15N3O2S. The van der Waals surface area contributed by atoms with Crippen LogP contribution >= 0.6 is 11.3 Å². The molecule has 25 heavy (non-hydrogen) atoms. The van der Waals surface area contributed by atoms with Gasteiger partial charge in [-0.3, -0.25) is 4.98 Å². The van der Waals surface area contributed by atoms with Crippen LogP contribution < -0.4 is 15.2 Å². The molecule has 0 atom stereocenters. The summed E-state index contributed by atoms with van der Waals surface area (Å²) < 4.78 is 12.1. The molecule has 0 aliphatic carbocycles. The van der Waals surface area contributed by atoms with Gasteiger partial charge in [-0.2, -0.15) is 0 Å². The molecule has 0 aliphatic heterocycles. The molecule has 0 bridgehead atoms. The summed E-state index contributed by atoms with van der Waals surface area (Å²) in [6.45, 7) is 0. The van der Waals surface area contributed by atoms with Gasteiger partial charge in [0.1, 0.15) is 11.5 Å². The van der Waals surface area contributed by atoms with Gasteiger partial charge in [-0.1, -0.05) is 0 Å². The number of hydrogen-bond acceptors (Lipinski definition) is 6. The monoisotopic (exact) mass is 349 g/mol. The van der Waals surface area contributed by atoms with Crippen LogP contribution in [0.15, 0.2) is 60.9 Å². The number of benzene rings is 1. The number of anilines is 1. The normalized spacial score (nSPS) is 10.8. The van der Waals surface area contributed by atoms with Crippen LogP contribution in [0.4, 0.5) is 5.69 Å². The third-order valence-electron chi connectivity index (χ3n) is 3.71. The van der Waals surface area contributed by atoms with Crippen molar-refractivity contribution >= 4 is 27.2 Å². The molecule has 124 valence electrons. The maximum atomic E-state index is 6.01. The van der Waals surface area contributed by atoms with E-state index in [9.17, 15) is 0 Å². The third kappa shape index (κ3) is 3.12. The molecule has 0 amide bonds. The van der Waals surface area contributed by atoms with Gasteiger partial charge in [0.15, 0.2) is 0 Å². The first-order valence-electron chi connectivity index (χ1n) is 7.65. The van der Waals surface area contributed by atoms with E-state index in [1.807, 2.05) is 48.5 Å². The highest BCUT2D eigenvalue weighted by molar-refractivity contribution is 7.22. The minimum Gasteiger partial charge on any atom is -0.481 e. The molecule has 5 nitrogen and oxygen atoms in total. The number of ether oxygens (including phenoxy) is 2. The quantitative estimate of drug-likeness (QED) is 0.539. The molecule has 0 saturated heterocycles. The highest BCUT2D eigenvalue weighted by Crippen LogP contribution is 2.39. The van der Waals surface area contributed by atoms with E-state index >= 15 is 0 Å². The lowest BCUT2D eigenvalue weighted by Crippen LogP contribution is -1.87. The fourth-order valence-electron chi connectivity index (χ4n) is 2.45. The SMILES string of the molecule is COc1ccc(-c2cc3nccc(Oc4ccc(N)cc4)c3s2)cn1. The van der Waals surface area contributed by atoms with Crippen LogP contribution in [0.25, 0.3) is 20.7 Å². The molecule has 0 saturated carbocycles. The number of thiophene rings is 1. The summed E-state index contributed by atoms with van der Waals surface area (Å²) in [5.74, 6) is 2.10. The average molecular weight is 349 g/mol. The number of pyridine rings is 2. The smallest absolute Gasteiger partial charge is 0.212 e. The second kappa shape index (κ2) is 6.41. The van der Waals surface area contributed by atoms with E-state index in [4.69, 9.17) is 15.2 Å². The van der Waals surface area contributed by atoms with Crippen molar-refractivity contribution < 1.29 is 9.47 Å². The molecule has 1 aromatic carbocycles. The lowest BCUT2D eigenvalue weighted by molar-refractivity contribution is 0.398.